The van der Waals surface area contributed by atoms with Crippen molar-refractivity contribution in [1.82, 2.24) is 4.57 Å². The van der Waals surface area contributed by atoms with Gasteiger partial charge in [-0.15, -0.1) is 0 Å². The van der Waals surface area contributed by atoms with Gasteiger partial charge in [0.15, 0.2) is 0 Å². The summed E-state index contributed by atoms with van der Waals surface area (Å²) in [5, 5.41) is 23.7. The fourth-order valence-corrected chi connectivity index (χ4v) is 2.85. The van der Waals surface area contributed by atoms with E-state index in [0.717, 1.165) is 0 Å². The molecule has 0 aliphatic heterocycles. The standard InChI is InChI=1S/C13H14IN3O4/c1-7(6-18)15-12-9-5-8(17(20)21)3-4-10(9)16(2)13(19)11(12)14/h3-5,7,15,18H,6H2,1-2H3. The van der Waals surface area contributed by atoms with Crippen LogP contribution < -0.4 is 10.9 Å². The maximum absolute atomic E-state index is 12.2. The van der Waals surface area contributed by atoms with Crippen molar-refractivity contribution < 1.29 is 10.0 Å². The minimum absolute atomic E-state index is 0.0448. The Kier molecular flexibility index (Phi) is 4.47. The number of non-ortho nitro benzene ring substituents is 1. The molecule has 1 aromatic carbocycles. The average molecular weight is 403 g/mol. The Morgan fingerprint density at radius 1 is 1.52 bits per heavy atom. The van der Waals surface area contributed by atoms with Crippen molar-refractivity contribution in [2.75, 3.05) is 11.9 Å². The molecule has 0 fully saturated rings. The number of nitrogens with one attached hydrogen (secondary N) is 1. The van der Waals surface area contributed by atoms with Crippen molar-refractivity contribution in [2.45, 2.75) is 13.0 Å². The number of hydrogen-bond acceptors (Lipinski definition) is 5. The smallest absolute Gasteiger partial charge is 0.270 e. The van der Waals surface area contributed by atoms with Crippen molar-refractivity contribution in [1.29, 1.82) is 0 Å². The highest BCUT2D eigenvalue weighted by atomic mass is 127. The Labute approximate surface area is 133 Å². The van der Waals surface area contributed by atoms with E-state index in [1.54, 1.807) is 20.0 Å². The van der Waals surface area contributed by atoms with Crippen LogP contribution in [-0.4, -0.2) is 27.2 Å². The second kappa shape index (κ2) is 5.98. The van der Waals surface area contributed by atoms with Crippen LogP contribution in [0.4, 0.5) is 11.4 Å². The summed E-state index contributed by atoms with van der Waals surface area (Å²) >= 11 is 1.91. The lowest BCUT2D eigenvalue weighted by atomic mass is 10.1. The Morgan fingerprint density at radius 2 is 2.19 bits per heavy atom. The fourth-order valence-electron chi connectivity index (χ4n) is 2.05. The van der Waals surface area contributed by atoms with E-state index in [0.29, 0.717) is 20.2 Å². The van der Waals surface area contributed by atoms with Gasteiger partial charge in [-0.1, -0.05) is 0 Å². The highest BCUT2D eigenvalue weighted by molar-refractivity contribution is 14.1. The molecule has 0 radical (unpaired) electrons. The molecule has 0 amide bonds. The molecule has 0 aliphatic rings. The monoisotopic (exact) mass is 403 g/mol. The maximum atomic E-state index is 12.2. The van der Waals surface area contributed by atoms with E-state index < -0.39 is 4.92 Å². The summed E-state index contributed by atoms with van der Waals surface area (Å²) in [5.74, 6) is 0. The number of nitro benzene ring substituents is 1. The Bertz CT molecular complexity index is 772. The molecule has 2 N–H and O–H groups in total. The van der Waals surface area contributed by atoms with Crippen LogP contribution in [0.25, 0.3) is 10.9 Å². The van der Waals surface area contributed by atoms with E-state index in [1.807, 2.05) is 22.6 Å². The zero-order valence-electron chi connectivity index (χ0n) is 11.5. The summed E-state index contributed by atoms with van der Waals surface area (Å²) < 4.78 is 1.89. The van der Waals surface area contributed by atoms with Crippen LogP contribution in [0.15, 0.2) is 23.0 Å². The van der Waals surface area contributed by atoms with Crippen molar-refractivity contribution >= 4 is 44.9 Å². The zero-order chi connectivity index (χ0) is 15.7. The van der Waals surface area contributed by atoms with E-state index in [9.17, 15) is 14.9 Å². The first-order valence-electron chi connectivity index (χ1n) is 6.20. The van der Waals surface area contributed by atoms with E-state index in [-0.39, 0.29) is 23.9 Å². The number of aromatic nitrogens is 1. The Hall–Kier alpha value is -1.68. The molecular formula is C13H14IN3O4. The van der Waals surface area contributed by atoms with Crippen LogP contribution in [0, 0.1) is 13.7 Å². The van der Waals surface area contributed by atoms with E-state index >= 15 is 0 Å². The van der Waals surface area contributed by atoms with Crippen molar-refractivity contribution in [3.63, 3.8) is 0 Å². The van der Waals surface area contributed by atoms with Crippen LogP contribution in [0.1, 0.15) is 6.92 Å². The zero-order valence-corrected chi connectivity index (χ0v) is 13.6. The third-order valence-electron chi connectivity index (χ3n) is 3.20. The van der Waals surface area contributed by atoms with Crippen molar-refractivity contribution in [3.05, 3.63) is 42.2 Å². The van der Waals surface area contributed by atoms with Crippen LogP contribution in [0.3, 0.4) is 0 Å². The normalized spacial score (nSPS) is 12.4. The number of aryl methyl sites for hydroxylation is 1. The first-order valence-corrected chi connectivity index (χ1v) is 7.28. The summed E-state index contributed by atoms with van der Waals surface area (Å²) in [4.78, 5) is 22.7. The average Bonchev–Trinajstić information content (AvgIpc) is 2.48. The maximum Gasteiger partial charge on any atom is 0.270 e. The molecule has 1 atom stereocenters. The third-order valence-corrected chi connectivity index (χ3v) is 4.20. The van der Waals surface area contributed by atoms with Crippen LogP contribution >= 0.6 is 22.6 Å². The number of aliphatic hydroxyl groups excluding tert-OH is 1. The van der Waals surface area contributed by atoms with Gasteiger partial charge in [-0.2, -0.15) is 0 Å². The number of hydrogen-bond donors (Lipinski definition) is 2. The van der Waals surface area contributed by atoms with Gasteiger partial charge >= 0.3 is 0 Å². The van der Waals surface area contributed by atoms with E-state index in [4.69, 9.17) is 5.11 Å². The number of rotatable bonds is 4. The highest BCUT2D eigenvalue weighted by Gasteiger charge is 2.17. The molecule has 0 aliphatic carbocycles. The summed E-state index contributed by atoms with van der Waals surface area (Å²) in [6.45, 7) is 1.65. The lowest BCUT2D eigenvalue weighted by Gasteiger charge is -2.17. The number of nitro groups is 1. The molecule has 1 unspecified atom stereocenters. The molecule has 2 aromatic rings. The molecule has 21 heavy (non-hydrogen) atoms. The molecule has 0 spiro atoms. The van der Waals surface area contributed by atoms with Gasteiger partial charge in [0.05, 0.1) is 22.7 Å². The van der Waals surface area contributed by atoms with Crippen LogP contribution in [-0.2, 0) is 7.05 Å². The van der Waals surface area contributed by atoms with Gasteiger partial charge in [-0.05, 0) is 35.6 Å². The lowest BCUT2D eigenvalue weighted by molar-refractivity contribution is -0.384. The molecule has 7 nitrogen and oxygen atoms in total. The summed E-state index contributed by atoms with van der Waals surface area (Å²) in [7, 11) is 1.62. The van der Waals surface area contributed by atoms with Gasteiger partial charge in [-0.3, -0.25) is 14.9 Å². The molecule has 1 heterocycles. The fraction of sp³-hybridized carbons (Fsp3) is 0.308. The van der Waals surface area contributed by atoms with Crippen molar-refractivity contribution in [2.24, 2.45) is 7.05 Å². The number of halogens is 1. The number of nitrogens with zero attached hydrogens (tertiary/aromatic N) is 2. The van der Waals surface area contributed by atoms with Gasteiger partial charge in [0.25, 0.3) is 11.2 Å². The summed E-state index contributed by atoms with van der Waals surface area (Å²) in [5.41, 5.74) is 0.874. The Balaban J connectivity index is 2.82. The topological polar surface area (TPSA) is 97.4 Å². The van der Waals surface area contributed by atoms with Crippen LogP contribution in [0.5, 0.6) is 0 Å². The van der Waals surface area contributed by atoms with E-state index in [1.165, 1.54) is 16.7 Å². The van der Waals surface area contributed by atoms with Gasteiger partial charge in [0.2, 0.25) is 0 Å². The summed E-state index contributed by atoms with van der Waals surface area (Å²) in [6, 6.07) is 4.09. The minimum atomic E-state index is -0.476. The lowest BCUT2D eigenvalue weighted by Crippen LogP contribution is -2.26. The largest absolute Gasteiger partial charge is 0.394 e. The molecule has 0 saturated heterocycles. The second-order valence-electron chi connectivity index (χ2n) is 4.74. The molecule has 1 aromatic heterocycles. The first kappa shape index (κ1) is 15.7. The number of aliphatic hydroxyl groups is 1. The molecular weight excluding hydrogens is 389 g/mol. The molecule has 2 rings (SSSR count). The quantitative estimate of drug-likeness (QED) is 0.462. The molecule has 0 bridgehead atoms. The first-order chi connectivity index (χ1) is 9.86. The van der Waals surface area contributed by atoms with Crippen molar-refractivity contribution in [3.8, 4) is 0 Å². The predicted molar refractivity (Wildman–Crippen MR) is 88.7 cm³/mol. The Morgan fingerprint density at radius 3 is 2.76 bits per heavy atom. The SMILES string of the molecule is CC(CO)Nc1c(I)c(=O)n(C)c2ccc([N+](=O)[O-])cc12. The molecule has 8 heteroatoms. The van der Waals surface area contributed by atoms with Gasteiger partial charge in [0, 0.05) is 30.6 Å². The van der Waals surface area contributed by atoms with Crippen LogP contribution in [0.2, 0.25) is 0 Å². The van der Waals surface area contributed by atoms with Gasteiger partial charge in [-0.25, -0.2) is 0 Å². The number of pyridine rings is 1. The molecule has 112 valence electrons. The third kappa shape index (κ3) is 2.86. The number of anilines is 1. The van der Waals surface area contributed by atoms with E-state index in [2.05, 4.69) is 5.32 Å². The highest BCUT2D eigenvalue weighted by Crippen LogP contribution is 2.29. The second-order valence-corrected chi connectivity index (χ2v) is 5.82. The van der Waals surface area contributed by atoms with Gasteiger partial charge in [0.1, 0.15) is 3.57 Å². The minimum Gasteiger partial charge on any atom is -0.394 e. The molecule has 0 saturated carbocycles. The van der Waals surface area contributed by atoms with Gasteiger partial charge < -0.3 is 15.0 Å². The summed E-state index contributed by atoms with van der Waals surface area (Å²) in [6.07, 6.45) is 0. The predicted octanol–water partition coefficient (Wildman–Crippen LogP) is 1.84. The number of fused-ring (bicyclic) bond motifs is 1. The number of benzene rings is 1.